The summed E-state index contributed by atoms with van der Waals surface area (Å²) < 4.78 is 7.61. The molecule has 128 valence electrons. The zero-order valence-electron chi connectivity index (χ0n) is 14.5. The van der Waals surface area contributed by atoms with Crippen LogP contribution in [0.25, 0.3) is 21.9 Å². The van der Waals surface area contributed by atoms with Crippen LogP contribution in [0.3, 0.4) is 0 Å². The average molecular weight is 327 g/mol. The molecule has 3 aromatic rings. The number of nitrogens with one attached hydrogen (secondary N) is 1. The number of anilines is 1. The fraction of sp³-hybridized carbons (Fsp3) is 0.444. The van der Waals surface area contributed by atoms with Gasteiger partial charge in [-0.1, -0.05) is 32.0 Å². The third kappa shape index (κ3) is 3.14. The van der Waals surface area contributed by atoms with E-state index < -0.39 is 0 Å². The second-order valence-corrected chi connectivity index (χ2v) is 6.30. The normalized spacial score (nSPS) is 11.7. The number of benzene rings is 1. The van der Waals surface area contributed by atoms with E-state index >= 15 is 0 Å². The van der Waals surface area contributed by atoms with Crippen LogP contribution in [0.2, 0.25) is 0 Å². The number of aromatic nitrogens is 3. The van der Waals surface area contributed by atoms with E-state index in [9.17, 15) is 0 Å². The van der Waals surface area contributed by atoms with E-state index in [0.29, 0.717) is 24.9 Å². The van der Waals surface area contributed by atoms with Crippen LogP contribution < -0.4 is 11.2 Å². The van der Waals surface area contributed by atoms with Gasteiger partial charge in [0.05, 0.1) is 5.52 Å². The zero-order valence-corrected chi connectivity index (χ0v) is 14.5. The molecule has 2 heterocycles. The van der Waals surface area contributed by atoms with Crippen molar-refractivity contribution in [3.63, 3.8) is 0 Å². The van der Waals surface area contributed by atoms with Crippen LogP contribution in [0.4, 0.5) is 5.82 Å². The fourth-order valence-corrected chi connectivity index (χ4v) is 2.77. The van der Waals surface area contributed by atoms with Crippen LogP contribution in [0.15, 0.2) is 24.3 Å². The highest BCUT2D eigenvalue weighted by Crippen LogP contribution is 2.28. The van der Waals surface area contributed by atoms with Crippen molar-refractivity contribution in [1.82, 2.24) is 14.6 Å². The van der Waals surface area contributed by atoms with E-state index in [0.717, 1.165) is 40.7 Å². The zero-order chi connectivity index (χ0) is 17.1. The maximum atomic E-state index is 6.15. The number of nitrogen functional groups attached to an aromatic ring is 1. The summed E-state index contributed by atoms with van der Waals surface area (Å²) in [6, 6.07) is 8.00. The molecule has 0 radical (unpaired) electrons. The number of pyridine rings is 1. The lowest BCUT2D eigenvalue weighted by Gasteiger charge is -2.14. The molecule has 0 amide bonds. The quantitative estimate of drug-likeness (QED) is 0.696. The van der Waals surface area contributed by atoms with Crippen LogP contribution >= 0.6 is 0 Å². The van der Waals surface area contributed by atoms with Gasteiger partial charge in [-0.25, -0.2) is 14.6 Å². The van der Waals surface area contributed by atoms with Gasteiger partial charge < -0.3 is 15.9 Å². The number of hydrogen-bond donors (Lipinski definition) is 2. The summed E-state index contributed by atoms with van der Waals surface area (Å²) in [4.78, 5) is 9.17. The van der Waals surface area contributed by atoms with Crippen molar-refractivity contribution in [3.05, 3.63) is 30.1 Å². The molecule has 0 aliphatic heterocycles. The Morgan fingerprint density at radius 1 is 1.25 bits per heavy atom. The molecule has 0 bridgehead atoms. The molecule has 24 heavy (non-hydrogen) atoms. The van der Waals surface area contributed by atoms with Gasteiger partial charge in [-0.2, -0.15) is 0 Å². The summed E-state index contributed by atoms with van der Waals surface area (Å²) in [5.41, 5.74) is 12.2. The lowest BCUT2D eigenvalue weighted by Crippen LogP contribution is -2.20. The van der Waals surface area contributed by atoms with Crippen molar-refractivity contribution in [2.75, 3.05) is 24.3 Å². The summed E-state index contributed by atoms with van der Waals surface area (Å²) >= 11 is 0. The maximum Gasteiger partial charge on any atom is 0.154 e. The Labute approximate surface area is 142 Å². The fourth-order valence-electron chi connectivity index (χ4n) is 2.77. The maximum absolute atomic E-state index is 6.15. The number of fused-ring (bicyclic) bond motifs is 3. The minimum absolute atomic E-state index is 0.438. The highest BCUT2D eigenvalue weighted by molar-refractivity contribution is 6.06. The van der Waals surface area contributed by atoms with Gasteiger partial charge >= 0.3 is 0 Å². The Morgan fingerprint density at radius 2 is 2.04 bits per heavy atom. The Balaban J connectivity index is 2.14. The van der Waals surface area contributed by atoms with Crippen LogP contribution in [0, 0.1) is 5.92 Å². The van der Waals surface area contributed by atoms with Crippen molar-refractivity contribution in [3.8, 4) is 0 Å². The second kappa shape index (κ2) is 7.05. The molecule has 1 aromatic carbocycles. The smallest absolute Gasteiger partial charge is 0.154 e. The lowest BCUT2D eigenvalue weighted by molar-refractivity contribution is 0.127. The van der Waals surface area contributed by atoms with Crippen molar-refractivity contribution >= 4 is 27.8 Å². The number of nitrogens with zero attached hydrogens (tertiary/aromatic N) is 3. The predicted molar refractivity (Wildman–Crippen MR) is 98.5 cm³/mol. The van der Waals surface area contributed by atoms with E-state index in [1.807, 2.05) is 29.8 Å². The average Bonchev–Trinajstić information content (AvgIpc) is 2.92. The number of rotatable bonds is 7. The standard InChI is InChI=1S/C18H25N5O/c1-4-24-11-15-22-16-17(23(15)20-10-9-12(2)3)13-7-5-6-8-14(13)21-18(16)19/h5-8,12,20H,4,9-11H2,1-3H3,(H2,19,21). The van der Waals surface area contributed by atoms with Gasteiger partial charge in [-0.05, 0) is 25.3 Å². The first-order valence-electron chi connectivity index (χ1n) is 8.49. The molecule has 6 heteroatoms. The molecule has 6 nitrogen and oxygen atoms in total. The molecule has 0 aliphatic carbocycles. The molecule has 0 unspecified atom stereocenters. The summed E-state index contributed by atoms with van der Waals surface area (Å²) in [6.07, 6.45) is 1.08. The Hall–Kier alpha value is -2.34. The van der Waals surface area contributed by atoms with Gasteiger partial charge in [-0.15, -0.1) is 0 Å². The highest BCUT2D eigenvalue weighted by Gasteiger charge is 2.17. The molecular weight excluding hydrogens is 302 g/mol. The van der Waals surface area contributed by atoms with Gasteiger partial charge in [0.1, 0.15) is 17.6 Å². The molecule has 0 fully saturated rings. The van der Waals surface area contributed by atoms with Gasteiger partial charge in [-0.3, -0.25) is 0 Å². The van der Waals surface area contributed by atoms with Crippen molar-refractivity contribution < 1.29 is 4.74 Å². The van der Waals surface area contributed by atoms with E-state index in [4.69, 9.17) is 10.5 Å². The number of imidazole rings is 1. The van der Waals surface area contributed by atoms with Crippen LogP contribution in [0.5, 0.6) is 0 Å². The number of para-hydroxylation sites is 1. The minimum Gasteiger partial charge on any atom is -0.382 e. The molecule has 0 saturated carbocycles. The van der Waals surface area contributed by atoms with Crippen molar-refractivity contribution in [1.29, 1.82) is 0 Å². The second-order valence-electron chi connectivity index (χ2n) is 6.30. The molecular formula is C18H25N5O. The van der Waals surface area contributed by atoms with Crippen molar-refractivity contribution in [2.45, 2.75) is 33.8 Å². The third-order valence-corrected chi connectivity index (χ3v) is 4.02. The predicted octanol–water partition coefficient (Wildman–Crippen LogP) is 3.29. The Kier molecular flexibility index (Phi) is 4.85. The first-order valence-corrected chi connectivity index (χ1v) is 8.49. The summed E-state index contributed by atoms with van der Waals surface area (Å²) in [5, 5.41) is 1.04. The SMILES string of the molecule is CCOCc1nc2c(N)nc3ccccc3c2n1NCCC(C)C. The Bertz CT molecular complexity index is 840. The van der Waals surface area contributed by atoms with E-state index in [2.05, 4.69) is 35.3 Å². The van der Waals surface area contributed by atoms with Crippen molar-refractivity contribution in [2.24, 2.45) is 5.92 Å². The molecule has 0 aliphatic rings. The molecule has 0 spiro atoms. The van der Waals surface area contributed by atoms with Gasteiger partial charge in [0.25, 0.3) is 0 Å². The first-order chi connectivity index (χ1) is 11.6. The van der Waals surface area contributed by atoms with Gasteiger partial charge in [0.15, 0.2) is 11.6 Å². The molecule has 3 rings (SSSR count). The topological polar surface area (TPSA) is 78.0 Å². The summed E-state index contributed by atoms with van der Waals surface area (Å²) in [5.74, 6) is 1.90. The molecule has 3 N–H and O–H groups in total. The largest absolute Gasteiger partial charge is 0.382 e. The summed E-state index contributed by atoms with van der Waals surface area (Å²) in [7, 11) is 0. The van der Waals surface area contributed by atoms with E-state index in [1.165, 1.54) is 0 Å². The molecule has 0 atom stereocenters. The van der Waals surface area contributed by atoms with E-state index in [1.54, 1.807) is 0 Å². The lowest BCUT2D eigenvalue weighted by atomic mass is 10.1. The molecule has 0 saturated heterocycles. The molecule has 2 aromatic heterocycles. The van der Waals surface area contributed by atoms with Gasteiger partial charge in [0.2, 0.25) is 0 Å². The van der Waals surface area contributed by atoms with Crippen LogP contribution in [-0.4, -0.2) is 27.8 Å². The third-order valence-electron chi connectivity index (χ3n) is 4.02. The number of nitrogens with two attached hydrogens (primary N) is 1. The highest BCUT2D eigenvalue weighted by atomic mass is 16.5. The van der Waals surface area contributed by atoms with E-state index in [-0.39, 0.29) is 0 Å². The van der Waals surface area contributed by atoms with Gasteiger partial charge in [0, 0.05) is 18.5 Å². The van der Waals surface area contributed by atoms with Crippen LogP contribution in [-0.2, 0) is 11.3 Å². The Morgan fingerprint density at radius 3 is 2.79 bits per heavy atom. The monoisotopic (exact) mass is 327 g/mol. The first kappa shape index (κ1) is 16.5. The number of ether oxygens (including phenoxy) is 1. The van der Waals surface area contributed by atoms with Crippen LogP contribution in [0.1, 0.15) is 33.0 Å². The summed E-state index contributed by atoms with van der Waals surface area (Å²) in [6.45, 7) is 8.35. The minimum atomic E-state index is 0.438. The number of hydrogen-bond acceptors (Lipinski definition) is 5.